The number of ether oxygens (including phenoxy) is 1. The van der Waals surface area contributed by atoms with Crippen LogP contribution in [-0.2, 0) is 16.1 Å². The molecule has 4 aliphatic rings. The lowest BCUT2D eigenvalue weighted by Gasteiger charge is -2.61. The Hall–Kier alpha value is -1.35. The summed E-state index contributed by atoms with van der Waals surface area (Å²) in [5.74, 6) is 4.59. The van der Waals surface area contributed by atoms with Crippen LogP contribution >= 0.6 is 0 Å². The largest absolute Gasteiger partial charge is 0.461 e. The van der Waals surface area contributed by atoms with Crippen molar-refractivity contribution < 1.29 is 14.6 Å². The standard InChI is InChI=1S/C31H46O3/c1-21(9-14-29(33)34-20-22-7-5-4-6-8-22)26-12-13-27-25-11-10-23-19-24(32)15-17-30(23,2)28(25)16-18-31(26,27)3/h4-8,21,23-28,32H,9-20H2,1-3H3/t21-,23-,24+,25+,26-,27+,28+,30+,31-/m1/s1. The molecule has 1 aromatic carbocycles. The molecule has 4 aliphatic carbocycles. The Bertz CT molecular complexity index is 851. The summed E-state index contributed by atoms with van der Waals surface area (Å²) in [4.78, 5) is 12.4. The number of fused-ring (bicyclic) bond motifs is 5. The number of carbonyl (C=O) groups is 1. The predicted molar refractivity (Wildman–Crippen MR) is 136 cm³/mol. The monoisotopic (exact) mass is 466 g/mol. The van der Waals surface area contributed by atoms with Crippen molar-refractivity contribution in [3.8, 4) is 0 Å². The summed E-state index contributed by atoms with van der Waals surface area (Å²) in [7, 11) is 0. The van der Waals surface area contributed by atoms with Crippen molar-refractivity contribution in [2.45, 2.75) is 104 Å². The van der Waals surface area contributed by atoms with Crippen molar-refractivity contribution in [2.24, 2.45) is 46.3 Å². The summed E-state index contributed by atoms with van der Waals surface area (Å²) in [5.41, 5.74) is 1.95. The fraction of sp³-hybridized carbons (Fsp3) is 0.774. The van der Waals surface area contributed by atoms with E-state index in [0.717, 1.165) is 54.4 Å². The second kappa shape index (κ2) is 9.60. The maximum Gasteiger partial charge on any atom is 0.306 e. The van der Waals surface area contributed by atoms with Gasteiger partial charge in [-0.3, -0.25) is 4.79 Å². The molecule has 4 fully saturated rings. The molecule has 3 nitrogen and oxygen atoms in total. The summed E-state index contributed by atoms with van der Waals surface area (Å²) < 4.78 is 5.56. The number of benzene rings is 1. The van der Waals surface area contributed by atoms with Gasteiger partial charge in [0.1, 0.15) is 6.61 Å². The summed E-state index contributed by atoms with van der Waals surface area (Å²) in [6.45, 7) is 7.97. The molecule has 5 rings (SSSR count). The van der Waals surface area contributed by atoms with Gasteiger partial charge in [-0.25, -0.2) is 0 Å². The van der Waals surface area contributed by atoms with Gasteiger partial charge in [0.15, 0.2) is 0 Å². The van der Waals surface area contributed by atoms with Gasteiger partial charge in [-0.15, -0.1) is 0 Å². The third-order valence-electron chi connectivity index (χ3n) is 11.4. The Labute approximate surface area is 207 Å². The maximum absolute atomic E-state index is 12.4. The topological polar surface area (TPSA) is 46.5 Å². The molecule has 0 bridgehead atoms. The van der Waals surface area contributed by atoms with Crippen LogP contribution in [0.3, 0.4) is 0 Å². The van der Waals surface area contributed by atoms with E-state index in [1.54, 1.807) is 0 Å². The molecule has 4 saturated carbocycles. The fourth-order valence-corrected chi connectivity index (χ4v) is 9.57. The van der Waals surface area contributed by atoms with Crippen molar-refractivity contribution in [1.82, 2.24) is 0 Å². The van der Waals surface area contributed by atoms with E-state index in [1.165, 1.54) is 44.9 Å². The van der Waals surface area contributed by atoms with Crippen LogP contribution in [0.2, 0.25) is 0 Å². The number of hydrogen-bond donors (Lipinski definition) is 1. The van der Waals surface area contributed by atoms with E-state index >= 15 is 0 Å². The minimum atomic E-state index is -0.0559. The Morgan fingerprint density at radius 3 is 2.53 bits per heavy atom. The first-order valence-electron chi connectivity index (χ1n) is 14.2. The van der Waals surface area contributed by atoms with Crippen molar-refractivity contribution in [2.75, 3.05) is 0 Å². The van der Waals surface area contributed by atoms with Gasteiger partial charge in [0, 0.05) is 6.42 Å². The minimum Gasteiger partial charge on any atom is -0.461 e. The van der Waals surface area contributed by atoms with E-state index in [9.17, 15) is 9.90 Å². The molecule has 0 aromatic heterocycles. The first kappa shape index (κ1) is 24.3. The first-order chi connectivity index (χ1) is 16.3. The average molecular weight is 467 g/mol. The second-order valence-corrected chi connectivity index (χ2v) is 13.0. The molecule has 0 spiro atoms. The number of aliphatic hydroxyl groups is 1. The third kappa shape index (κ3) is 4.36. The van der Waals surface area contributed by atoms with E-state index < -0.39 is 0 Å². The van der Waals surface area contributed by atoms with Crippen LogP contribution < -0.4 is 0 Å². The molecule has 188 valence electrons. The van der Waals surface area contributed by atoms with Crippen LogP contribution in [0, 0.1) is 46.3 Å². The zero-order valence-corrected chi connectivity index (χ0v) is 21.7. The molecule has 1 aromatic rings. The van der Waals surface area contributed by atoms with Crippen molar-refractivity contribution >= 4 is 5.97 Å². The van der Waals surface area contributed by atoms with E-state index in [1.807, 2.05) is 30.3 Å². The molecule has 1 N–H and O–H groups in total. The van der Waals surface area contributed by atoms with Crippen LogP contribution in [0.4, 0.5) is 0 Å². The summed E-state index contributed by atoms with van der Waals surface area (Å²) in [6.07, 6.45) is 12.9. The van der Waals surface area contributed by atoms with Gasteiger partial charge in [-0.1, -0.05) is 51.1 Å². The van der Waals surface area contributed by atoms with Gasteiger partial charge < -0.3 is 9.84 Å². The highest BCUT2D eigenvalue weighted by Gasteiger charge is 2.60. The number of rotatable bonds is 6. The summed E-state index contributed by atoms with van der Waals surface area (Å²) >= 11 is 0. The summed E-state index contributed by atoms with van der Waals surface area (Å²) in [5, 5.41) is 10.3. The first-order valence-corrected chi connectivity index (χ1v) is 14.2. The lowest BCUT2D eigenvalue weighted by Crippen LogP contribution is -2.54. The van der Waals surface area contributed by atoms with Gasteiger partial charge in [0.25, 0.3) is 0 Å². The molecule has 0 saturated heterocycles. The highest BCUT2D eigenvalue weighted by Crippen LogP contribution is 2.68. The number of carbonyl (C=O) groups excluding carboxylic acids is 1. The Morgan fingerprint density at radius 2 is 1.74 bits per heavy atom. The van der Waals surface area contributed by atoms with E-state index in [2.05, 4.69) is 20.8 Å². The van der Waals surface area contributed by atoms with Crippen LogP contribution in [-0.4, -0.2) is 17.2 Å². The van der Waals surface area contributed by atoms with Crippen LogP contribution in [0.5, 0.6) is 0 Å². The molecule has 3 heteroatoms. The molecule has 34 heavy (non-hydrogen) atoms. The van der Waals surface area contributed by atoms with Gasteiger partial charge in [-0.05, 0) is 116 Å². The quantitative estimate of drug-likeness (QED) is 0.452. The van der Waals surface area contributed by atoms with E-state index in [-0.39, 0.29) is 12.1 Å². The lowest BCUT2D eigenvalue weighted by molar-refractivity contribution is -0.145. The highest BCUT2D eigenvalue weighted by atomic mass is 16.5. The Morgan fingerprint density at radius 1 is 1.00 bits per heavy atom. The molecule has 0 aliphatic heterocycles. The zero-order valence-electron chi connectivity index (χ0n) is 21.7. The molecule has 0 radical (unpaired) electrons. The smallest absolute Gasteiger partial charge is 0.306 e. The van der Waals surface area contributed by atoms with Crippen molar-refractivity contribution in [1.29, 1.82) is 0 Å². The van der Waals surface area contributed by atoms with Crippen LogP contribution in [0.15, 0.2) is 30.3 Å². The predicted octanol–water partition coefficient (Wildman–Crippen LogP) is 7.17. The molecule has 9 atom stereocenters. The fourth-order valence-electron chi connectivity index (χ4n) is 9.57. The summed E-state index contributed by atoms with van der Waals surface area (Å²) in [6, 6.07) is 9.98. The third-order valence-corrected chi connectivity index (χ3v) is 11.4. The molecule has 0 amide bonds. The minimum absolute atomic E-state index is 0.0511. The van der Waals surface area contributed by atoms with Gasteiger partial charge in [-0.2, -0.15) is 0 Å². The zero-order chi connectivity index (χ0) is 23.9. The molecular formula is C31H46O3. The normalized spacial score (nSPS) is 42.2. The van der Waals surface area contributed by atoms with E-state index in [4.69, 9.17) is 4.74 Å². The van der Waals surface area contributed by atoms with E-state index in [0.29, 0.717) is 29.8 Å². The Balaban J connectivity index is 1.18. The van der Waals surface area contributed by atoms with Crippen LogP contribution in [0.25, 0.3) is 0 Å². The van der Waals surface area contributed by atoms with Crippen LogP contribution in [0.1, 0.15) is 97.0 Å². The molecule has 0 heterocycles. The molecule has 0 unspecified atom stereocenters. The SMILES string of the molecule is C[C@H](CCC(=O)OCc1ccccc1)[C@H]1CC[C@H]2[C@@H]3CC[C@@H]4C[C@@H](O)CC[C@]4(C)[C@H]3CC[C@]12C. The Kier molecular flexibility index (Phi) is 6.88. The number of esters is 1. The lowest BCUT2D eigenvalue weighted by atomic mass is 9.44. The number of hydrogen-bond acceptors (Lipinski definition) is 3. The van der Waals surface area contributed by atoms with Crippen molar-refractivity contribution in [3.05, 3.63) is 35.9 Å². The highest BCUT2D eigenvalue weighted by molar-refractivity contribution is 5.69. The average Bonchev–Trinajstić information content (AvgIpc) is 3.19. The number of aliphatic hydroxyl groups excluding tert-OH is 1. The molecular weight excluding hydrogens is 420 g/mol. The maximum atomic E-state index is 12.4. The van der Waals surface area contributed by atoms with Gasteiger partial charge >= 0.3 is 5.97 Å². The van der Waals surface area contributed by atoms with Crippen molar-refractivity contribution in [3.63, 3.8) is 0 Å². The second-order valence-electron chi connectivity index (χ2n) is 13.0. The van der Waals surface area contributed by atoms with Gasteiger partial charge in [0.05, 0.1) is 6.10 Å². The van der Waals surface area contributed by atoms with Gasteiger partial charge in [0.2, 0.25) is 0 Å².